The van der Waals surface area contributed by atoms with Gasteiger partial charge >= 0.3 is 0 Å². The fourth-order valence-corrected chi connectivity index (χ4v) is 2.24. The molecule has 2 heterocycles. The molecular formula is C13H22N4O2. The summed E-state index contributed by atoms with van der Waals surface area (Å²) < 4.78 is 5.29. The number of ether oxygens (including phenoxy) is 1. The van der Waals surface area contributed by atoms with Gasteiger partial charge < -0.3 is 20.1 Å². The number of rotatable bonds is 5. The number of aliphatic hydroxyl groups is 1. The Labute approximate surface area is 113 Å². The van der Waals surface area contributed by atoms with Gasteiger partial charge in [-0.25, -0.2) is 4.98 Å². The monoisotopic (exact) mass is 266 g/mol. The van der Waals surface area contributed by atoms with Crippen LogP contribution in [0.25, 0.3) is 0 Å². The quantitative estimate of drug-likeness (QED) is 0.824. The summed E-state index contributed by atoms with van der Waals surface area (Å²) in [6.07, 6.45) is 3.07. The van der Waals surface area contributed by atoms with Gasteiger partial charge in [-0.2, -0.15) is 4.98 Å². The van der Waals surface area contributed by atoms with Crippen LogP contribution in [0, 0.1) is 0 Å². The summed E-state index contributed by atoms with van der Waals surface area (Å²) in [6.45, 7) is 4.59. The molecule has 1 aliphatic heterocycles. The molecule has 0 aromatic carbocycles. The minimum Gasteiger partial charge on any atom is -0.388 e. The molecule has 1 aromatic heterocycles. The van der Waals surface area contributed by atoms with Crippen LogP contribution in [0.1, 0.15) is 19.8 Å². The highest BCUT2D eigenvalue weighted by Crippen LogP contribution is 2.23. The first kappa shape index (κ1) is 14.0. The maximum Gasteiger partial charge on any atom is 0.224 e. The summed E-state index contributed by atoms with van der Waals surface area (Å²) in [5, 5.41) is 13.6. The van der Waals surface area contributed by atoms with Crippen molar-refractivity contribution in [2.24, 2.45) is 0 Å². The Morgan fingerprint density at radius 2 is 2.21 bits per heavy atom. The van der Waals surface area contributed by atoms with Gasteiger partial charge in [0.25, 0.3) is 0 Å². The van der Waals surface area contributed by atoms with Crippen LogP contribution in [-0.2, 0) is 4.74 Å². The summed E-state index contributed by atoms with van der Waals surface area (Å²) >= 11 is 0. The molecule has 1 saturated heterocycles. The van der Waals surface area contributed by atoms with Crippen molar-refractivity contribution in [1.82, 2.24) is 9.97 Å². The number of anilines is 2. The Kier molecular flexibility index (Phi) is 4.55. The first-order valence-corrected chi connectivity index (χ1v) is 6.71. The summed E-state index contributed by atoms with van der Waals surface area (Å²) in [5.41, 5.74) is -0.684. The van der Waals surface area contributed by atoms with E-state index in [1.165, 1.54) is 0 Å². The van der Waals surface area contributed by atoms with Gasteiger partial charge in [0.1, 0.15) is 5.82 Å². The lowest BCUT2D eigenvalue weighted by atomic mass is 9.94. The van der Waals surface area contributed by atoms with E-state index in [1.54, 1.807) is 6.20 Å². The number of nitrogens with one attached hydrogen (secondary N) is 1. The second-order valence-corrected chi connectivity index (χ2v) is 4.96. The highest BCUT2D eigenvalue weighted by molar-refractivity contribution is 5.42. The fourth-order valence-electron chi connectivity index (χ4n) is 2.24. The van der Waals surface area contributed by atoms with Gasteiger partial charge in [0.05, 0.1) is 5.60 Å². The molecule has 6 heteroatoms. The highest BCUT2D eigenvalue weighted by atomic mass is 16.5. The predicted molar refractivity (Wildman–Crippen MR) is 74.5 cm³/mol. The van der Waals surface area contributed by atoms with Crippen molar-refractivity contribution >= 4 is 11.8 Å². The molecule has 2 rings (SSSR count). The lowest BCUT2D eigenvalue weighted by molar-refractivity contribution is -0.0573. The molecule has 0 bridgehead atoms. The van der Waals surface area contributed by atoms with E-state index in [-0.39, 0.29) is 0 Å². The molecule has 1 aliphatic rings. The molecule has 0 aliphatic carbocycles. The van der Waals surface area contributed by atoms with E-state index in [0.717, 1.165) is 12.4 Å². The summed E-state index contributed by atoms with van der Waals surface area (Å²) in [4.78, 5) is 10.5. The van der Waals surface area contributed by atoms with Crippen LogP contribution in [0.5, 0.6) is 0 Å². The maximum absolute atomic E-state index is 10.5. The van der Waals surface area contributed by atoms with Crippen molar-refractivity contribution in [3.05, 3.63) is 12.3 Å². The molecule has 106 valence electrons. The maximum atomic E-state index is 10.5. The number of hydrogen-bond acceptors (Lipinski definition) is 6. The average molecular weight is 266 g/mol. The Balaban J connectivity index is 2.02. The van der Waals surface area contributed by atoms with Gasteiger partial charge in [0.2, 0.25) is 5.95 Å². The Morgan fingerprint density at radius 3 is 2.89 bits per heavy atom. The molecule has 1 aromatic rings. The fraction of sp³-hybridized carbons (Fsp3) is 0.692. The lowest BCUT2D eigenvalue weighted by Crippen LogP contribution is -2.46. The third kappa shape index (κ3) is 3.78. The van der Waals surface area contributed by atoms with E-state index in [4.69, 9.17) is 4.74 Å². The molecule has 6 nitrogen and oxygen atoms in total. The minimum atomic E-state index is -0.684. The third-order valence-electron chi connectivity index (χ3n) is 3.32. The zero-order chi connectivity index (χ0) is 13.7. The summed E-state index contributed by atoms with van der Waals surface area (Å²) in [7, 11) is 1.94. The van der Waals surface area contributed by atoms with Crippen LogP contribution in [0.3, 0.4) is 0 Å². The Hall–Kier alpha value is -1.40. The van der Waals surface area contributed by atoms with Gasteiger partial charge in [-0.1, -0.05) is 0 Å². The van der Waals surface area contributed by atoms with Gasteiger partial charge in [0.15, 0.2) is 0 Å². The Morgan fingerprint density at radius 1 is 1.47 bits per heavy atom. The summed E-state index contributed by atoms with van der Waals surface area (Å²) in [5.74, 6) is 1.43. The zero-order valence-corrected chi connectivity index (χ0v) is 11.6. The number of nitrogens with zero attached hydrogens (tertiary/aromatic N) is 3. The largest absolute Gasteiger partial charge is 0.388 e. The average Bonchev–Trinajstić information content (AvgIpc) is 2.40. The van der Waals surface area contributed by atoms with E-state index in [1.807, 2.05) is 24.9 Å². The minimum absolute atomic E-state index is 0.555. The van der Waals surface area contributed by atoms with Crippen molar-refractivity contribution in [2.45, 2.75) is 25.4 Å². The first-order valence-electron chi connectivity index (χ1n) is 6.71. The van der Waals surface area contributed by atoms with Gasteiger partial charge in [0, 0.05) is 52.4 Å². The van der Waals surface area contributed by atoms with Crippen LogP contribution in [0.2, 0.25) is 0 Å². The second kappa shape index (κ2) is 6.16. The SMILES string of the molecule is CCNc1nccc(N(C)CC2(O)CCOCC2)n1. The van der Waals surface area contributed by atoms with Crippen molar-refractivity contribution in [3.63, 3.8) is 0 Å². The molecule has 0 atom stereocenters. The second-order valence-electron chi connectivity index (χ2n) is 4.96. The first-order chi connectivity index (χ1) is 9.13. The predicted octanol–water partition coefficient (Wildman–Crippen LogP) is 0.886. The smallest absolute Gasteiger partial charge is 0.224 e. The van der Waals surface area contributed by atoms with E-state index >= 15 is 0 Å². The molecule has 1 fully saturated rings. The molecule has 0 radical (unpaired) electrons. The molecule has 0 unspecified atom stereocenters. The van der Waals surface area contributed by atoms with Gasteiger partial charge in [-0.05, 0) is 13.0 Å². The van der Waals surface area contributed by atoms with Crippen LogP contribution < -0.4 is 10.2 Å². The molecule has 19 heavy (non-hydrogen) atoms. The topological polar surface area (TPSA) is 70.5 Å². The van der Waals surface area contributed by atoms with Crippen LogP contribution in [0.15, 0.2) is 12.3 Å². The van der Waals surface area contributed by atoms with Crippen molar-refractivity contribution in [3.8, 4) is 0 Å². The highest BCUT2D eigenvalue weighted by Gasteiger charge is 2.31. The molecule has 0 amide bonds. The molecule has 0 saturated carbocycles. The van der Waals surface area contributed by atoms with Gasteiger partial charge in [-0.15, -0.1) is 0 Å². The van der Waals surface area contributed by atoms with Crippen LogP contribution in [0.4, 0.5) is 11.8 Å². The van der Waals surface area contributed by atoms with E-state index in [9.17, 15) is 5.11 Å². The van der Waals surface area contributed by atoms with Crippen molar-refractivity contribution in [1.29, 1.82) is 0 Å². The Bertz CT molecular complexity index is 407. The zero-order valence-electron chi connectivity index (χ0n) is 11.6. The van der Waals surface area contributed by atoms with Crippen molar-refractivity contribution < 1.29 is 9.84 Å². The van der Waals surface area contributed by atoms with Gasteiger partial charge in [-0.3, -0.25) is 0 Å². The van der Waals surface area contributed by atoms with E-state index < -0.39 is 5.60 Å². The number of hydrogen-bond donors (Lipinski definition) is 2. The molecule has 0 spiro atoms. The normalized spacial score (nSPS) is 18.1. The van der Waals surface area contributed by atoms with Crippen LogP contribution in [-0.4, -0.2) is 54.0 Å². The third-order valence-corrected chi connectivity index (χ3v) is 3.32. The lowest BCUT2D eigenvalue weighted by Gasteiger charge is -2.35. The van der Waals surface area contributed by atoms with Crippen molar-refractivity contribution in [2.75, 3.05) is 43.6 Å². The standard InChI is InChI=1S/C13H22N4O2/c1-3-14-12-15-7-4-11(16-12)17(2)10-13(18)5-8-19-9-6-13/h4,7,18H,3,5-6,8-10H2,1-2H3,(H,14,15,16). The molecule has 2 N–H and O–H groups in total. The van der Waals surface area contributed by atoms with E-state index in [2.05, 4.69) is 15.3 Å². The van der Waals surface area contributed by atoms with Crippen LogP contribution >= 0.6 is 0 Å². The summed E-state index contributed by atoms with van der Waals surface area (Å²) in [6, 6.07) is 1.85. The number of likely N-dealkylation sites (N-methyl/N-ethyl adjacent to an activating group) is 1. The molecular weight excluding hydrogens is 244 g/mol. The number of aromatic nitrogens is 2. The van der Waals surface area contributed by atoms with E-state index in [0.29, 0.717) is 38.5 Å².